The molecular weight excluding hydrogens is 310 g/mol. The fourth-order valence-corrected chi connectivity index (χ4v) is 2.51. The lowest BCUT2D eigenvalue weighted by Gasteiger charge is -2.16. The van der Waals surface area contributed by atoms with Gasteiger partial charge in [0.05, 0.1) is 0 Å². The highest BCUT2D eigenvalue weighted by atomic mass is 79.9. The first-order valence-corrected chi connectivity index (χ1v) is 6.67. The van der Waals surface area contributed by atoms with Crippen LogP contribution in [0.1, 0.15) is 24.4 Å². The lowest BCUT2D eigenvalue weighted by molar-refractivity contribution is -0.137. The van der Waals surface area contributed by atoms with Crippen LogP contribution in [0, 0.1) is 0 Å². The maximum atomic E-state index is 10.6. The van der Waals surface area contributed by atoms with Gasteiger partial charge in [0.15, 0.2) is 0 Å². The summed E-state index contributed by atoms with van der Waals surface area (Å²) in [5, 5.41) is 20.5. The van der Waals surface area contributed by atoms with Crippen molar-refractivity contribution in [3.05, 3.63) is 40.4 Å². The molecule has 5 heteroatoms. The number of halogens is 1. The number of aliphatic carboxylic acids is 1. The van der Waals surface area contributed by atoms with E-state index >= 15 is 0 Å². The summed E-state index contributed by atoms with van der Waals surface area (Å²) >= 11 is 3.39. The van der Waals surface area contributed by atoms with Crippen LogP contribution in [-0.4, -0.2) is 16.2 Å². The molecule has 0 saturated heterocycles. The molecular formula is C14H14BrNO3. The van der Waals surface area contributed by atoms with Gasteiger partial charge >= 0.3 is 5.97 Å². The Morgan fingerprint density at radius 1 is 1.32 bits per heavy atom. The van der Waals surface area contributed by atoms with E-state index in [1.165, 1.54) is 0 Å². The molecule has 0 fully saturated rings. The van der Waals surface area contributed by atoms with Crippen LogP contribution >= 0.6 is 15.9 Å². The smallest absolute Gasteiger partial charge is 0.303 e. The minimum Gasteiger partial charge on any atom is -0.508 e. The molecule has 19 heavy (non-hydrogen) atoms. The summed E-state index contributed by atoms with van der Waals surface area (Å²) in [6, 6.07) is 8.57. The molecule has 0 heterocycles. The highest BCUT2D eigenvalue weighted by Gasteiger charge is 2.16. The van der Waals surface area contributed by atoms with Gasteiger partial charge in [-0.25, -0.2) is 0 Å². The molecule has 0 aliphatic rings. The van der Waals surface area contributed by atoms with Crippen LogP contribution in [-0.2, 0) is 4.79 Å². The number of phenolic OH excluding ortho intramolecular Hbond substituents is 1. The van der Waals surface area contributed by atoms with Gasteiger partial charge in [0.25, 0.3) is 0 Å². The Labute approximate surface area is 119 Å². The highest BCUT2D eigenvalue weighted by molar-refractivity contribution is 9.10. The van der Waals surface area contributed by atoms with Crippen LogP contribution in [0.15, 0.2) is 34.8 Å². The first kappa shape index (κ1) is 13.8. The molecule has 0 aliphatic heterocycles. The Morgan fingerprint density at radius 3 is 2.74 bits per heavy atom. The molecule has 0 spiro atoms. The van der Waals surface area contributed by atoms with Crippen LogP contribution in [0.4, 0.5) is 0 Å². The van der Waals surface area contributed by atoms with Crippen LogP contribution in [0.5, 0.6) is 5.75 Å². The Bertz CT molecular complexity index is 627. The normalized spacial score (nSPS) is 12.5. The number of hydrogen-bond donors (Lipinski definition) is 3. The molecule has 1 unspecified atom stereocenters. The predicted molar refractivity (Wildman–Crippen MR) is 77.1 cm³/mol. The predicted octanol–water partition coefficient (Wildman–Crippen LogP) is 3.17. The van der Waals surface area contributed by atoms with Crippen LogP contribution in [0.2, 0.25) is 0 Å². The van der Waals surface area contributed by atoms with Gasteiger partial charge in [0.1, 0.15) is 5.75 Å². The zero-order chi connectivity index (χ0) is 14.0. The second-order valence-corrected chi connectivity index (χ2v) is 5.32. The number of phenols is 1. The van der Waals surface area contributed by atoms with Gasteiger partial charge in [-0.05, 0) is 35.4 Å². The van der Waals surface area contributed by atoms with Crippen molar-refractivity contribution >= 4 is 32.7 Å². The van der Waals surface area contributed by atoms with E-state index in [0.717, 1.165) is 15.2 Å². The Kier molecular flexibility index (Phi) is 4.07. The summed E-state index contributed by atoms with van der Waals surface area (Å²) in [4.78, 5) is 10.6. The Morgan fingerprint density at radius 2 is 2.05 bits per heavy atom. The summed E-state index contributed by atoms with van der Waals surface area (Å²) in [7, 11) is 0. The number of nitrogens with two attached hydrogens (primary N) is 1. The fraction of sp³-hybridized carbons (Fsp3) is 0.214. The third kappa shape index (κ3) is 3.05. The third-order valence-corrected chi connectivity index (χ3v) is 3.53. The first-order valence-electron chi connectivity index (χ1n) is 5.87. The number of carbonyl (C=O) groups is 1. The van der Waals surface area contributed by atoms with Gasteiger partial charge in [-0.2, -0.15) is 0 Å². The van der Waals surface area contributed by atoms with Crippen LogP contribution < -0.4 is 5.73 Å². The third-order valence-electron chi connectivity index (χ3n) is 3.04. The quantitative estimate of drug-likeness (QED) is 0.806. The molecule has 0 aromatic heterocycles. The standard InChI is InChI=1S/C14H14BrNO3/c15-9-2-3-10-8(7-9)1-5-12(17)14(10)11(16)4-6-13(18)19/h1-3,5,7,11,17H,4,6,16H2,(H,18,19). The van der Waals surface area contributed by atoms with Crippen molar-refractivity contribution in [1.82, 2.24) is 0 Å². The second kappa shape index (κ2) is 5.59. The molecule has 1 atom stereocenters. The van der Waals surface area contributed by atoms with E-state index in [2.05, 4.69) is 15.9 Å². The number of benzene rings is 2. The van der Waals surface area contributed by atoms with E-state index < -0.39 is 12.0 Å². The Balaban J connectivity index is 2.45. The average Bonchev–Trinajstić information content (AvgIpc) is 2.36. The SMILES string of the molecule is NC(CCC(=O)O)c1c(O)ccc2cc(Br)ccc12. The largest absolute Gasteiger partial charge is 0.508 e. The molecule has 0 radical (unpaired) electrons. The zero-order valence-corrected chi connectivity index (χ0v) is 11.7. The number of aromatic hydroxyl groups is 1. The summed E-state index contributed by atoms with van der Waals surface area (Å²) in [6.45, 7) is 0. The van der Waals surface area contributed by atoms with Crippen molar-refractivity contribution in [3.8, 4) is 5.75 Å². The molecule has 0 bridgehead atoms. The molecule has 4 N–H and O–H groups in total. The van der Waals surface area contributed by atoms with E-state index in [-0.39, 0.29) is 18.6 Å². The van der Waals surface area contributed by atoms with Gasteiger partial charge in [0, 0.05) is 22.5 Å². The molecule has 100 valence electrons. The van der Waals surface area contributed by atoms with Gasteiger partial charge < -0.3 is 15.9 Å². The number of hydrogen-bond acceptors (Lipinski definition) is 3. The monoisotopic (exact) mass is 323 g/mol. The molecule has 0 amide bonds. The number of rotatable bonds is 4. The lowest BCUT2D eigenvalue weighted by atomic mass is 9.95. The lowest BCUT2D eigenvalue weighted by Crippen LogP contribution is -2.13. The summed E-state index contributed by atoms with van der Waals surface area (Å²) < 4.78 is 0.941. The molecule has 2 aromatic carbocycles. The summed E-state index contributed by atoms with van der Waals surface area (Å²) in [6.07, 6.45) is 0.269. The van der Waals surface area contributed by atoms with Crippen molar-refractivity contribution in [2.75, 3.05) is 0 Å². The van der Waals surface area contributed by atoms with Crippen LogP contribution in [0.3, 0.4) is 0 Å². The van der Waals surface area contributed by atoms with E-state index in [0.29, 0.717) is 5.56 Å². The maximum absolute atomic E-state index is 10.6. The fourth-order valence-electron chi connectivity index (χ4n) is 2.13. The minimum absolute atomic E-state index is 0.0203. The van der Waals surface area contributed by atoms with Crippen molar-refractivity contribution in [2.45, 2.75) is 18.9 Å². The minimum atomic E-state index is -0.891. The van der Waals surface area contributed by atoms with Crippen molar-refractivity contribution in [3.63, 3.8) is 0 Å². The van der Waals surface area contributed by atoms with Gasteiger partial charge in [-0.3, -0.25) is 4.79 Å². The van der Waals surface area contributed by atoms with Gasteiger partial charge in [-0.1, -0.05) is 28.1 Å². The molecule has 2 rings (SSSR count). The van der Waals surface area contributed by atoms with E-state index in [1.807, 2.05) is 24.3 Å². The Hall–Kier alpha value is -1.59. The average molecular weight is 324 g/mol. The van der Waals surface area contributed by atoms with Gasteiger partial charge in [0.2, 0.25) is 0 Å². The molecule has 0 saturated carbocycles. The molecule has 0 aliphatic carbocycles. The summed E-state index contributed by atoms with van der Waals surface area (Å²) in [5.74, 6) is -0.786. The second-order valence-electron chi connectivity index (χ2n) is 4.40. The van der Waals surface area contributed by atoms with E-state index in [4.69, 9.17) is 10.8 Å². The van der Waals surface area contributed by atoms with Gasteiger partial charge in [-0.15, -0.1) is 0 Å². The van der Waals surface area contributed by atoms with Crippen molar-refractivity contribution in [2.24, 2.45) is 5.73 Å². The van der Waals surface area contributed by atoms with Crippen LogP contribution in [0.25, 0.3) is 10.8 Å². The zero-order valence-electron chi connectivity index (χ0n) is 10.1. The molecule has 4 nitrogen and oxygen atoms in total. The topological polar surface area (TPSA) is 83.6 Å². The first-order chi connectivity index (χ1) is 8.99. The number of fused-ring (bicyclic) bond motifs is 1. The highest BCUT2D eigenvalue weighted by Crippen LogP contribution is 2.34. The molecule has 2 aromatic rings. The number of carboxylic acid groups (broad SMARTS) is 1. The van der Waals surface area contributed by atoms with Crippen molar-refractivity contribution in [1.29, 1.82) is 0 Å². The van der Waals surface area contributed by atoms with Crippen molar-refractivity contribution < 1.29 is 15.0 Å². The van der Waals surface area contributed by atoms with E-state index in [1.54, 1.807) is 6.07 Å². The summed E-state index contributed by atoms with van der Waals surface area (Å²) in [5.41, 5.74) is 6.62. The maximum Gasteiger partial charge on any atom is 0.303 e. The van der Waals surface area contributed by atoms with E-state index in [9.17, 15) is 9.90 Å². The number of carboxylic acids is 1.